The average molecular weight is 261 g/mol. The van der Waals surface area contributed by atoms with Crippen LogP contribution in [-0.4, -0.2) is 31.1 Å². The fourth-order valence-electron chi connectivity index (χ4n) is 2.65. The van der Waals surface area contributed by atoms with Crippen molar-refractivity contribution in [3.63, 3.8) is 0 Å². The minimum Gasteiger partial charge on any atom is -0.358 e. The molecule has 2 unspecified atom stereocenters. The van der Waals surface area contributed by atoms with Crippen LogP contribution in [0.25, 0.3) is 0 Å². The number of para-hydroxylation sites is 1. The van der Waals surface area contributed by atoms with E-state index in [-0.39, 0.29) is 18.0 Å². The zero-order valence-corrected chi connectivity index (χ0v) is 11.7. The predicted molar refractivity (Wildman–Crippen MR) is 78.2 cm³/mol. The fourth-order valence-corrected chi connectivity index (χ4v) is 2.65. The Morgan fingerprint density at radius 3 is 2.84 bits per heavy atom. The van der Waals surface area contributed by atoms with Crippen molar-refractivity contribution in [3.05, 3.63) is 29.8 Å². The SMILES string of the molecule is CCc1ccccc1N1CCC(C)NC(=O)C1CN. The molecule has 0 saturated carbocycles. The van der Waals surface area contributed by atoms with E-state index in [0.717, 1.165) is 25.1 Å². The number of amides is 1. The van der Waals surface area contributed by atoms with Crippen molar-refractivity contribution in [3.8, 4) is 0 Å². The number of aryl methyl sites for hydroxylation is 1. The molecular formula is C15H23N3O. The number of nitrogens with zero attached hydrogens (tertiary/aromatic N) is 1. The Hall–Kier alpha value is -1.55. The number of rotatable bonds is 3. The van der Waals surface area contributed by atoms with E-state index >= 15 is 0 Å². The van der Waals surface area contributed by atoms with Crippen LogP contribution in [0.3, 0.4) is 0 Å². The average Bonchev–Trinajstić information content (AvgIpc) is 2.56. The van der Waals surface area contributed by atoms with Gasteiger partial charge >= 0.3 is 0 Å². The van der Waals surface area contributed by atoms with Gasteiger partial charge < -0.3 is 16.0 Å². The molecule has 0 aliphatic carbocycles. The van der Waals surface area contributed by atoms with Crippen molar-refractivity contribution in [2.75, 3.05) is 18.0 Å². The highest BCUT2D eigenvalue weighted by molar-refractivity contribution is 5.86. The van der Waals surface area contributed by atoms with Crippen LogP contribution in [-0.2, 0) is 11.2 Å². The molecule has 1 aliphatic rings. The minimum absolute atomic E-state index is 0.0402. The Bertz CT molecular complexity index is 447. The van der Waals surface area contributed by atoms with Gasteiger partial charge in [-0.05, 0) is 31.4 Å². The van der Waals surface area contributed by atoms with E-state index < -0.39 is 0 Å². The monoisotopic (exact) mass is 261 g/mol. The van der Waals surface area contributed by atoms with E-state index in [4.69, 9.17) is 5.73 Å². The van der Waals surface area contributed by atoms with Crippen LogP contribution in [0.2, 0.25) is 0 Å². The van der Waals surface area contributed by atoms with E-state index in [1.807, 2.05) is 19.1 Å². The third kappa shape index (κ3) is 2.89. The number of nitrogens with two attached hydrogens (primary N) is 1. The molecule has 4 nitrogen and oxygen atoms in total. The molecule has 1 aromatic carbocycles. The molecule has 1 aliphatic heterocycles. The molecule has 1 amide bonds. The van der Waals surface area contributed by atoms with Gasteiger partial charge in [0.05, 0.1) is 0 Å². The smallest absolute Gasteiger partial charge is 0.244 e. The fraction of sp³-hybridized carbons (Fsp3) is 0.533. The van der Waals surface area contributed by atoms with Crippen LogP contribution >= 0.6 is 0 Å². The summed E-state index contributed by atoms with van der Waals surface area (Å²) in [4.78, 5) is 14.4. The van der Waals surface area contributed by atoms with Crippen molar-refractivity contribution in [2.24, 2.45) is 5.73 Å². The Morgan fingerprint density at radius 1 is 1.42 bits per heavy atom. The summed E-state index contributed by atoms with van der Waals surface area (Å²) < 4.78 is 0. The van der Waals surface area contributed by atoms with Crippen molar-refractivity contribution in [1.82, 2.24) is 5.32 Å². The number of nitrogens with one attached hydrogen (secondary N) is 1. The summed E-state index contributed by atoms with van der Waals surface area (Å²) in [5, 5.41) is 3.02. The summed E-state index contributed by atoms with van der Waals surface area (Å²) in [6, 6.07) is 8.21. The maximum Gasteiger partial charge on any atom is 0.244 e. The number of carbonyl (C=O) groups is 1. The number of hydrogen-bond donors (Lipinski definition) is 2. The first-order chi connectivity index (χ1) is 9.17. The molecule has 0 aromatic heterocycles. The molecule has 1 saturated heterocycles. The van der Waals surface area contributed by atoms with Gasteiger partial charge in [0.25, 0.3) is 0 Å². The highest BCUT2D eigenvalue weighted by Gasteiger charge is 2.30. The van der Waals surface area contributed by atoms with E-state index in [1.165, 1.54) is 5.56 Å². The summed E-state index contributed by atoms with van der Waals surface area (Å²) in [5.74, 6) is 0.0402. The highest BCUT2D eigenvalue weighted by Crippen LogP contribution is 2.24. The molecule has 1 aromatic rings. The number of anilines is 1. The van der Waals surface area contributed by atoms with E-state index in [0.29, 0.717) is 6.54 Å². The second-order valence-electron chi connectivity index (χ2n) is 5.13. The lowest BCUT2D eigenvalue weighted by molar-refractivity contribution is -0.122. The predicted octanol–water partition coefficient (Wildman–Crippen LogP) is 1.29. The van der Waals surface area contributed by atoms with E-state index in [2.05, 4.69) is 29.3 Å². The second-order valence-corrected chi connectivity index (χ2v) is 5.13. The maximum atomic E-state index is 12.2. The molecule has 2 rings (SSSR count). The van der Waals surface area contributed by atoms with Crippen molar-refractivity contribution >= 4 is 11.6 Å². The van der Waals surface area contributed by atoms with Gasteiger partial charge in [-0.15, -0.1) is 0 Å². The molecule has 104 valence electrons. The van der Waals surface area contributed by atoms with E-state index in [9.17, 15) is 4.79 Å². The first-order valence-corrected chi connectivity index (χ1v) is 7.02. The first-order valence-electron chi connectivity index (χ1n) is 7.02. The van der Waals surface area contributed by atoms with Gasteiger partial charge in [-0.2, -0.15) is 0 Å². The van der Waals surface area contributed by atoms with Crippen LogP contribution in [0.5, 0.6) is 0 Å². The van der Waals surface area contributed by atoms with Crippen molar-refractivity contribution < 1.29 is 4.79 Å². The second kappa shape index (κ2) is 6.06. The number of benzene rings is 1. The summed E-state index contributed by atoms with van der Waals surface area (Å²) in [7, 11) is 0. The molecule has 4 heteroatoms. The lowest BCUT2D eigenvalue weighted by Crippen LogP contribution is -2.49. The van der Waals surface area contributed by atoms with Crippen LogP contribution in [0, 0.1) is 0 Å². The zero-order chi connectivity index (χ0) is 13.8. The van der Waals surface area contributed by atoms with Gasteiger partial charge in [-0.1, -0.05) is 25.1 Å². The molecule has 1 fully saturated rings. The number of carbonyl (C=O) groups excluding carboxylic acids is 1. The van der Waals surface area contributed by atoms with Crippen molar-refractivity contribution in [1.29, 1.82) is 0 Å². The molecular weight excluding hydrogens is 238 g/mol. The van der Waals surface area contributed by atoms with Crippen molar-refractivity contribution in [2.45, 2.75) is 38.8 Å². The number of hydrogen-bond acceptors (Lipinski definition) is 3. The Labute approximate surface area is 115 Å². The summed E-state index contributed by atoms with van der Waals surface area (Å²) in [6.45, 7) is 5.38. The molecule has 0 bridgehead atoms. The lowest BCUT2D eigenvalue weighted by Gasteiger charge is -2.31. The van der Waals surface area contributed by atoms with Crippen LogP contribution in [0.4, 0.5) is 5.69 Å². The summed E-state index contributed by atoms with van der Waals surface area (Å²) in [6.07, 6.45) is 1.90. The van der Waals surface area contributed by atoms with Gasteiger partial charge in [-0.3, -0.25) is 4.79 Å². The quantitative estimate of drug-likeness (QED) is 0.862. The molecule has 1 heterocycles. The first kappa shape index (κ1) is 13.9. The zero-order valence-electron chi connectivity index (χ0n) is 11.7. The van der Waals surface area contributed by atoms with Crippen LogP contribution < -0.4 is 16.0 Å². The molecule has 19 heavy (non-hydrogen) atoms. The summed E-state index contributed by atoms with van der Waals surface area (Å²) >= 11 is 0. The van der Waals surface area contributed by atoms with Gasteiger partial charge in [0.1, 0.15) is 6.04 Å². The van der Waals surface area contributed by atoms with E-state index in [1.54, 1.807) is 0 Å². The standard InChI is InChI=1S/C15H23N3O/c1-3-12-6-4-5-7-13(12)18-9-8-11(2)17-15(19)14(18)10-16/h4-7,11,14H,3,8-10,16H2,1-2H3,(H,17,19). The molecule has 0 spiro atoms. The Balaban J connectivity index is 2.36. The van der Waals surface area contributed by atoms with Gasteiger partial charge in [-0.25, -0.2) is 0 Å². The largest absolute Gasteiger partial charge is 0.358 e. The lowest BCUT2D eigenvalue weighted by atomic mass is 10.1. The third-order valence-electron chi connectivity index (χ3n) is 3.78. The molecule has 2 atom stereocenters. The topological polar surface area (TPSA) is 58.4 Å². The third-order valence-corrected chi connectivity index (χ3v) is 3.78. The van der Waals surface area contributed by atoms with Gasteiger partial charge in [0.15, 0.2) is 0 Å². The normalized spacial score (nSPS) is 23.9. The molecule has 0 radical (unpaired) electrons. The van der Waals surface area contributed by atoms with Crippen LogP contribution in [0.15, 0.2) is 24.3 Å². The van der Waals surface area contributed by atoms with Crippen LogP contribution in [0.1, 0.15) is 25.8 Å². The maximum absolute atomic E-state index is 12.2. The molecule has 3 N–H and O–H groups in total. The summed E-state index contributed by atoms with van der Waals surface area (Å²) in [5.41, 5.74) is 8.24. The Kier molecular flexibility index (Phi) is 4.43. The minimum atomic E-state index is -0.266. The van der Waals surface area contributed by atoms with Gasteiger partial charge in [0, 0.05) is 24.8 Å². The van der Waals surface area contributed by atoms with Gasteiger partial charge in [0.2, 0.25) is 5.91 Å². The highest BCUT2D eigenvalue weighted by atomic mass is 16.2. The Morgan fingerprint density at radius 2 is 2.16 bits per heavy atom.